The number of nitrogens with zero attached hydrogens (tertiary/aromatic N) is 1. The fourth-order valence-corrected chi connectivity index (χ4v) is 2.70. The molecule has 0 radical (unpaired) electrons. The van der Waals surface area contributed by atoms with Crippen LogP contribution < -0.4 is 10.6 Å². The van der Waals surface area contributed by atoms with Crippen molar-refractivity contribution in [1.82, 2.24) is 5.32 Å². The normalized spacial score (nSPS) is 16.5. The average Bonchev–Trinajstić information content (AvgIpc) is 2.39. The molecule has 3 nitrogen and oxygen atoms in total. The van der Waals surface area contributed by atoms with E-state index in [0.717, 1.165) is 42.1 Å². The van der Waals surface area contributed by atoms with Gasteiger partial charge in [-0.05, 0) is 44.3 Å². The fraction of sp³-hybridized carbons (Fsp3) is 0.462. The monoisotopic (exact) mass is 247 g/mol. The third-order valence-electron chi connectivity index (χ3n) is 3.06. The van der Waals surface area contributed by atoms with Crippen LogP contribution in [0.3, 0.4) is 0 Å². The molecule has 0 bridgehead atoms. The maximum atomic E-state index is 9.24. The van der Waals surface area contributed by atoms with Crippen LogP contribution in [0.5, 0.6) is 0 Å². The van der Waals surface area contributed by atoms with Gasteiger partial charge in [-0.2, -0.15) is 5.26 Å². The number of anilines is 1. The third kappa shape index (κ3) is 2.93. The van der Waals surface area contributed by atoms with Crippen LogP contribution in [0.4, 0.5) is 5.69 Å². The summed E-state index contributed by atoms with van der Waals surface area (Å²) < 4.78 is 0. The summed E-state index contributed by atoms with van der Waals surface area (Å²) in [6.07, 6.45) is 4.24. The lowest BCUT2D eigenvalue weighted by molar-refractivity contribution is 0.479. The van der Waals surface area contributed by atoms with E-state index in [1.165, 1.54) is 0 Å². The summed E-state index contributed by atoms with van der Waals surface area (Å²) in [7, 11) is 0. The summed E-state index contributed by atoms with van der Waals surface area (Å²) in [6, 6.07) is 8.80. The minimum Gasteiger partial charge on any atom is -0.381 e. The Morgan fingerprint density at radius 3 is 2.82 bits per heavy atom. The van der Waals surface area contributed by atoms with Crippen molar-refractivity contribution < 1.29 is 0 Å². The van der Waals surface area contributed by atoms with Gasteiger partial charge in [0.15, 0.2) is 0 Å². The molecule has 1 aliphatic heterocycles. The van der Waals surface area contributed by atoms with Gasteiger partial charge < -0.3 is 10.6 Å². The molecule has 2 rings (SSSR count). The van der Waals surface area contributed by atoms with Crippen molar-refractivity contribution in [3.63, 3.8) is 0 Å². The number of rotatable bonds is 3. The van der Waals surface area contributed by atoms with Crippen LogP contribution in [-0.2, 0) is 0 Å². The number of nitriles is 1. The van der Waals surface area contributed by atoms with Gasteiger partial charge in [0, 0.05) is 10.9 Å². The van der Waals surface area contributed by atoms with Gasteiger partial charge in [0.1, 0.15) is 6.07 Å². The lowest BCUT2D eigenvalue weighted by Crippen LogP contribution is -2.35. The van der Waals surface area contributed by atoms with Crippen LogP contribution in [0, 0.1) is 11.3 Å². The van der Waals surface area contributed by atoms with E-state index >= 15 is 0 Å². The van der Waals surface area contributed by atoms with E-state index in [4.69, 9.17) is 0 Å². The van der Waals surface area contributed by atoms with Crippen molar-refractivity contribution in [2.75, 3.05) is 24.7 Å². The van der Waals surface area contributed by atoms with Crippen LogP contribution in [0.25, 0.3) is 0 Å². The molecule has 0 aromatic heterocycles. The minimum absolute atomic E-state index is 0.487. The molecule has 1 fully saturated rings. The van der Waals surface area contributed by atoms with Crippen molar-refractivity contribution in [3.05, 3.63) is 23.8 Å². The number of hydrogen-bond donors (Lipinski definition) is 2. The zero-order valence-electron chi connectivity index (χ0n) is 9.99. The highest BCUT2D eigenvalue weighted by atomic mass is 32.2. The van der Waals surface area contributed by atoms with Crippen LogP contribution in [0.15, 0.2) is 23.1 Å². The Hall–Kier alpha value is -1.18. The van der Waals surface area contributed by atoms with E-state index in [1.807, 2.05) is 24.5 Å². The van der Waals surface area contributed by atoms with E-state index in [0.29, 0.717) is 6.04 Å². The van der Waals surface area contributed by atoms with Crippen LogP contribution >= 0.6 is 11.8 Å². The summed E-state index contributed by atoms with van der Waals surface area (Å²) in [5, 5.41) is 16.1. The van der Waals surface area contributed by atoms with Crippen molar-refractivity contribution in [3.8, 4) is 6.07 Å². The molecule has 0 amide bonds. The van der Waals surface area contributed by atoms with E-state index < -0.39 is 0 Å². The van der Waals surface area contributed by atoms with Crippen molar-refractivity contribution in [2.24, 2.45) is 0 Å². The second-order valence-corrected chi connectivity index (χ2v) is 5.01. The maximum Gasteiger partial charge on any atom is 0.102 e. The summed E-state index contributed by atoms with van der Waals surface area (Å²) in [5.41, 5.74) is 1.75. The first kappa shape index (κ1) is 12.3. The van der Waals surface area contributed by atoms with Gasteiger partial charge in [-0.1, -0.05) is 6.07 Å². The predicted octanol–water partition coefficient (Wildman–Crippen LogP) is 2.44. The molecule has 0 saturated carbocycles. The lowest BCUT2D eigenvalue weighted by atomic mass is 10.1. The molecule has 1 aromatic rings. The Morgan fingerprint density at radius 2 is 2.18 bits per heavy atom. The molecule has 0 aliphatic carbocycles. The molecule has 1 heterocycles. The SMILES string of the molecule is CSc1cccc(NC2CCNCC2)c1C#N. The predicted molar refractivity (Wildman–Crippen MR) is 72.5 cm³/mol. The number of piperidine rings is 1. The Morgan fingerprint density at radius 1 is 1.41 bits per heavy atom. The van der Waals surface area contributed by atoms with Gasteiger partial charge >= 0.3 is 0 Å². The zero-order valence-corrected chi connectivity index (χ0v) is 10.8. The molecule has 2 N–H and O–H groups in total. The quantitative estimate of drug-likeness (QED) is 0.805. The summed E-state index contributed by atoms with van der Waals surface area (Å²) in [4.78, 5) is 1.05. The molecule has 90 valence electrons. The highest BCUT2D eigenvalue weighted by Gasteiger charge is 2.15. The largest absolute Gasteiger partial charge is 0.381 e. The highest BCUT2D eigenvalue weighted by Crippen LogP contribution is 2.27. The molecular formula is C13H17N3S. The fourth-order valence-electron chi connectivity index (χ4n) is 2.12. The zero-order chi connectivity index (χ0) is 12.1. The Kier molecular flexibility index (Phi) is 4.29. The smallest absolute Gasteiger partial charge is 0.102 e. The minimum atomic E-state index is 0.487. The number of benzene rings is 1. The van der Waals surface area contributed by atoms with Crippen molar-refractivity contribution in [1.29, 1.82) is 5.26 Å². The van der Waals surface area contributed by atoms with E-state index in [9.17, 15) is 5.26 Å². The Bertz CT molecular complexity index is 419. The highest BCUT2D eigenvalue weighted by molar-refractivity contribution is 7.98. The maximum absolute atomic E-state index is 9.24. The van der Waals surface area contributed by atoms with Gasteiger partial charge in [0.25, 0.3) is 0 Å². The van der Waals surface area contributed by atoms with Gasteiger partial charge in [-0.3, -0.25) is 0 Å². The van der Waals surface area contributed by atoms with E-state index in [-0.39, 0.29) is 0 Å². The van der Waals surface area contributed by atoms with Crippen LogP contribution in [0.1, 0.15) is 18.4 Å². The molecular weight excluding hydrogens is 230 g/mol. The number of nitrogens with one attached hydrogen (secondary N) is 2. The lowest BCUT2D eigenvalue weighted by Gasteiger charge is -2.25. The van der Waals surface area contributed by atoms with Crippen molar-refractivity contribution in [2.45, 2.75) is 23.8 Å². The average molecular weight is 247 g/mol. The molecule has 1 aliphatic rings. The van der Waals surface area contributed by atoms with Crippen molar-refractivity contribution >= 4 is 17.4 Å². The summed E-state index contributed by atoms with van der Waals surface area (Å²) in [5.74, 6) is 0. The van der Waals surface area contributed by atoms with Crippen LogP contribution in [-0.4, -0.2) is 25.4 Å². The molecule has 0 spiro atoms. The molecule has 0 atom stereocenters. The molecule has 4 heteroatoms. The number of thioether (sulfide) groups is 1. The Balaban J connectivity index is 2.17. The van der Waals surface area contributed by atoms with Gasteiger partial charge in [0.05, 0.1) is 11.3 Å². The van der Waals surface area contributed by atoms with E-state index in [1.54, 1.807) is 11.8 Å². The topological polar surface area (TPSA) is 47.8 Å². The first-order valence-electron chi connectivity index (χ1n) is 5.89. The molecule has 0 unspecified atom stereocenters. The Labute approximate surface area is 107 Å². The standard InChI is InChI=1S/C13H17N3S/c1-17-13-4-2-3-12(11(13)9-14)16-10-5-7-15-8-6-10/h2-4,10,15-16H,5-8H2,1H3. The van der Waals surface area contributed by atoms with Gasteiger partial charge in [-0.25, -0.2) is 0 Å². The van der Waals surface area contributed by atoms with Gasteiger partial charge in [0.2, 0.25) is 0 Å². The van der Waals surface area contributed by atoms with E-state index in [2.05, 4.69) is 16.7 Å². The third-order valence-corrected chi connectivity index (χ3v) is 3.84. The van der Waals surface area contributed by atoms with Gasteiger partial charge in [-0.15, -0.1) is 11.8 Å². The first-order valence-corrected chi connectivity index (χ1v) is 7.12. The molecule has 17 heavy (non-hydrogen) atoms. The first-order chi connectivity index (χ1) is 8.35. The second-order valence-electron chi connectivity index (χ2n) is 4.16. The van der Waals surface area contributed by atoms with Crippen LogP contribution in [0.2, 0.25) is 0 Å². The molecule has 1 aromatic carbocycles. The molecule has 1 saturated heterocycles. The second kappa shape index (κ2) is 5.95. The summed E-state index contributed by atoms with van der Waals surface area (Å²) in [6.45, 7) is 2.11. The number of hydrogen-bond acceptors (Lipinski definition) is 4. The summed E-state index contributed by atoms with van der Waals surface area (Å²) >= 11 is 1.62.